The van der Waals surface area contributed by atoms with Gasteiger partial charge in [-0.25, -0.2) is 13.2 Å². The van der Waals surface area contributed by atoms with Crippen molar-refractivity contribution in [2.75, 3.05) is 4.31 Å². The lowest BCUT2D eigenvalue weighted by Gasteiger charge is -2.24. The second-order valence-electron chi connectivity index (χ2n) is 4.53. The lowest BCUT2D eigenvalue weighted by Crippen LogP contribution is -2.45. The van der Waals surface area contributed by atoms with E-state index in [0.29, 0.717) is 12.8 Å². The maximum absolute atomic E-state index is 12.5. The number of hydrogen-bond donors (Lipinski definition) is 1. The SMILES string of the molecule is NC(=O)N(c1ccc(Br)cc1)S(=O)(=O)C1CCCC1. The number of primary amides is 1. The molecule has 19 heavy (non-hydrogen) atoms. The summed E-state index contributed by atoms with van der Waals surface area (Å²) in [5, 5.41) is -0.511. The summed E-state index contributed by atoms with van der Waals surface area (Å²) in [6.45, 7) is 0. The predicted molar refractivity (Wildman–Crippen MR) is 77.4 cm³/mol. The Morgan fingerprint density at radius 1 is 1.21 bits per heavy atom. The standard InChI is InChI=1S/C12H15BrN2O3S/c13-9-5-7-10(8-6-9)15(12(14)16)19(17,18)11-3-1-2-4-11/h5-8,11H,1-4H2,(H2,14,16). The van der Waals surface area contributed by atoms with E-state index in [1.807, 2.05) is 0 Å². The number of amides is 2. The van der Waals surface area contributed by atoms with Gasteiger partial charge in [-0.15, -0.1) is 0 Å². The highest BCUT2D eigenvalue weighted by Gasteiger charge is 2.37. The van der Waals surface area contributed by atoms with Crippen molar-refractivity contribution < 1.29 is 13.2 Å². The molecule has 1 aromatic carbocycles. The first-order valence-corrected chi connectivity index (χ1v) is 8.31. The summed E-state index contributed by atoms with van der Waals surface area (Å²) >= 11 is 3.26. The fraction of sp³-hybridized carbons (Fsp3) is 0.417. The average molecular weight is 347 g/mol. The first-order valence-electron chi connectivity index (χ1n) is 6.02. The molecular formula is C12H15BrN2O3S. The second-order valence-corrected chi connectivity index (χ2v) is 7.51. The predicted octanol–water partition coefficient (Wildman–Crippen LogP) is 2.61. The Labute approximate surface area is 121 Å². The normalized spacial score (nSPS) is 16.5. The minimum atomic E-state index is -3.72. The smallest absolute Gasteiger partial charge is 0.333 e. The molecule has 0 spiro atoms. The van der Waals surface area contributed by atoms with Crippen molar-refractivity contribution in [2.45, 2.75) is 30.9 Å². The Morgan fingerprint density at radius 3 is 2.21 bits per heavy atom. The maximum atomic E-state index is 12.5. The Kier molecular flexibility index (Phi) is 4.15. The molecule has 1 fully saturated rings. The summed E-state index contributed by atoms with van der Waals surface area (Å²) in [4.78, 5) is 11.5. The van der Waals surface area contributed by atoms with E-state index in [1.165, 1.54) is 0 Å². The van der Waals surface area contributed by atoms with E-state index >= 15 is 0 Å². The van der Waals surface area contributed by atoms with Crippen LogP contribution in [0, 0.1) is 0 Å². The summed E-state index contributed by atoms with van der Waals surface area (Å²) in [6, 6.07) is 5.50. The molecule has 1 aliphatic carbocycles. The van der Waals surface area contributed by atoms with Gasteiger partial charge in [-0.3, -0.25) is 0 Å². The Hall–Kier alpha value is -1.08. The molecule has 0 aliphatic heterocycles. The van der Waals surface area contributed by atoms with Crippen molar-refractivity contribution in [3.05, 3.63) is 28.7 Å². The second kappa shape index (κ2) is 5.50. The highest BCUT2D eigenvalue weighted by atomic mass is 79.9. The fourth-order valence-electron chi connectivity index (χ4n) is 2.31. The van der Waals surface area contributed by atoms with E-state index in [2.05, 4.69) is 15.9 Å². The molecule has 2 amide bonds. The van der Waals surface area contributed by atoms with Gasteiger partial charge in [0.1, 0.15) is 0 Å². The molecule has 1 saturated carbocycles. The number of carbonyl (C=O) groups is 1. The molecule has 0 bridgehead atoms. The number of benzene rings is 1. The van der Waals surface area contributed by atoms with E-state index < -0.39 is 21.3 Å². The molecule has 5 nitrogen and oxygen atoms in total. The zero-order chi connectivity index (χ0) is 14.0. The molecular weight excluding hydrogens is 332 g/mol. The molecule has 7 heteroatoms. The van der Waals surface area contributed by atoms with Crippen molar-refractivity contribution in [2.24, 2.45) is 5.73 Å². The van der Waals surface area contributed by atoms with Crippen molar-refractivity contribution >= 4 is 37.7 Å². The van der Waals surface area contributed by atoms with Gasteiger partial charge in [0.2, 0.25) is 10.0 Å². The summed E-state index contributed by atoms with van der Waals surface area (Å²) in [7, 11) is -3.72. The van der Waals surface area contributed by atoms with Gasteiger partial charge in [0, 0.05) is 4.47 Å². The van der Waals surface area contributed by atoms with Crippen LogP contribution in [0.15, 0.2) is 28.7 Å². The van der Waals surface area contributed by atoms with Crippen LogP contribution in [0.25, 0.3) is 0 Å². The van der Waals surface area contributed by atoms with Gasteiger partial charge in [-0.1, -0.05) is 28.8 Å². The molecule has 0 atom stereocenters. The number of rotatable bonds is 3. The van der Waals surface area contributed by atoms with Crippen LogP contribution in [0.2, 0.25) is 0 Å². The van der Waals surface area contributed by atoms with Gasteiger partial charge < -0.3 is 5.73 Å². The van der Waals surface area contributed by atoms with Crippen molar-refractivity contribution in [1.29, 1.82) is 0 Å². The first kappa shape index (κ1) is 14.3. The number of nitrogens with two attached hydrogens (primary N) is 1. The maximum Gasteiger partial charge on any atom is 0.333 e. The minimum absolute atomic E-state index is 0.280. The quantitative estimate of drug-likeness (QED) is 0.913. The van der Waals surface area contributed by atoms with Crippen LogP contribution in [-0.2, 0) is 10.0 Å². The largest absolute Gasteiger partial charge is 0.350 e. The van der Waals surface area contributed by atoms with Gasteiger partial charge in [0.15, 0.2) is 0 Å². The van der Waals surface area contributed by atoms with Gasteiger partial charge in [-0.2, -0.15) is 4.31 Å². The van der Waals surface area contributed by atoms with E-state index in [9.17, 15) is 13.2 Å². The van der Waals surface area contributed by atoms with E-state index in [1.54, 1.807) is 24.3 Å². The van der Waals surface area contributed by atoms with Crippen molar-refractivity contribution in [1.82, 2.24) is 0 Å². The molecule has 0 heterocycles. The van der Waals surface area contributed by atoms with E-state index in [-0.39, 0.29) is 5.69 Å². The van der Waals surface area contributed by atoms with E-state index in [0.717, 1.165) is 21.6 Å². The molecule has 1 aromatic rings. The number of carbonyl (C=O) groups excluding carboxylic acids is 1. The van der Waals surface area contributed by atoms with Crippen LogP contribution in [0.4, 0.5) is 10.5 Å². The lowest BCUT2D eigenvalue weighted by molar-refractivity contribution is 0.257. The first-order chi connectivity index (χ1) is 8.93. The van der Waals surface area contributed by atoms with Crippen molar-refractivity contribution in [3.63, 3.8) is 0 Å². The molecule has 0 saturated heterocycles. The third kappa shape index (κ3) is 2.92. The molecule has 0 unspecified atom stereocenters. The molecule has 104 valence electrons. The number of anilines is 1. The van der Waals surface area contributed by atoms with Crippen LogP contribution in [0.1, 0.15) is 25.7 Å². The fourth-order valence-corrected chi connectivity index (χ4v) is 4.47. The number of hydrogen-bond acceptors (Lipinski definition) is 3. The third-order valence-electron chi connectivity index (χ3n) is 3.24. The third-order valence-corrected chi connectivity index (χ3v) is 5.98. The highest BCUT2D eigenvalue weighted by molar-refractivity contribution is 9.10. The minimum Gasteiger partial charge on any atom is -0.350 e. The zero-order valence-corrected chi connectivity index (χ0v) is 12.7. The summed E-state index contributed by atoms with van der Waals surface area (Å²) < 4.78 is 26.5. The number of halogens is 1. The van der Waals surface area contributed by atoms with Crippen LogP contribution < -0.4 is 10.0 Å². The van der Waals surface area contributed by atoms with E-state index in [4.69, 9.17) is 5.73 Å². The number of sulfonamides is 1. The van der Waals surface area contributed by atoms with Gasteiger partial charge in [-0.05, 0) is 37.1 Å². The molecule has 2 rings (SSSR count). The molecule has 0 aromatic heterocycles. The van der Waals surface area contributed by atoms with Gasteiger partial charge in [0.25, 0.3) is 0 Å². The number of urea groups is 1. The summed E-state index contributed by atoms with van der Waals surface area (Å²) in [6.07, 6.45) is 2.92. The lowest BCUT2D eigenvalue weighted by atomic mass is 10.3. The van der Waals surface area contributed by atoms with Crippen LogP contribution in [-0.4, -0.2) is 19.7 Å². The zero-order valence-electron chi connectivity index (χ0n) is 10.3. The Bertz CT molecular complexity index is 565. The van der Waals surface area contributed by atoms with Crippen molar-refractivity contribution in [3.8, 4) is 0 Å². The van der Waals surface area contributed by atoms with Crippen LogP contribution in [0.3, 0.4) is 0 Å². The number of nitrogens with zero attached hydrogens (tertiary/aromatic N) is 1. The van der Waals surface area contributed by atoms with Crippen LogP contribution >= 0.6 is 15.9 Å². The van der Waals surface area contributed by atoms with Gasteiger partial charge in [0.05, 0.1) is 10.9 Å². The Morgan fingerprint density at radius 2 is 1.74 bits per heavy atom. The van der Waals surface area contributed by atoms with Gasteiger partial charge >= 0.3 is 6.03 Å². The Balaban J connectivity index is 2.40. The molecule has 0 radical (unpaired) electrons. The van der Waals surface area contributed by atoms with Crippen LogP contribution in [0.5, 0.6) is 0 Å². The average Bonchev–Trinajstić information content (AvgIpc) is 2.85. The molecule has 2 N–H and O–H groups in total. The highest BCUT2D eigenvalue weighted by Crippen LogP contribution is 2.30. The summed E-state index contributed by atoms with van der Waals surface area (Å²) in [5.41, 5.74) is 5.54. The monoisotopic (exact) mass is 346 g/mol. The topological polar surface area (TPSA) is 80.5 Å². The molecule has 1 aliphatic rings. The summed E-state index contributed by atoms with van der Waals surface area (Å²) in [5.74, 6) is 0.